The Kier molecular flexibility index (Phi) is 4.61. The summed E-state index contributed by atoms with van der Waals surface area (Å²) in [5.41, 5.74) is -0.459. The average molecular weight is 330 g/mol. The molecule has 2 N–H and O–H groups in total. The molecular weight excluding hydrogens is 319 g/mol. The summed E-state index contributed by atoms with van der Waals surface area (Å²) in [5.74, 6) is 0. The lowest BCUT2D eigenvalue weighted by atomic mass is 10.1. The maximum atomic E-state index is 11.7. The van der Waals surface area contributed by atoms with Crippen molar-refractivity contribution in [2.45, 2.75) is 12.7 Å². The lowest BCUT2D eigenvalue weighted by Crippen LogP contribution is -2.30. The van der Waals surface area contributed by atoms with Gasteiger partial charge in [-0.15, -0.1) is 0 Å². The van der Waals surface area contributed by atoms with Crippen LogP contribution in [0.15, 0.2) is 40.1 Å². The SMILES string of the molecule is O=c1[nH]c(=O)n(Cc2ccccc2C[P+]([O-])([O-])O)cc1Cl. The van der Waals surface area contributed by atoms with E-state index in [1.54, 1.807) is 18.2 Å². The molecule has 0 saturated carbocycles. The Morgan fingerprint density at radius 3 is 2.48 bits per heavy atom. The molecule has 0 unspecified atom stereocenters. The molecule has 9 heteroatoms. The van der Waals surface area contributed by atoms with Crippen LogP contribution < -0.4 is 21.0 Å². The van der Waals surface area contributed by atoms with Gasteiger partial charge in [0.2, 0.25) is 0 Å². The van der Waals surface area contributed by atoms with E-state index < -0.39 is 25.4 Å². The number of benzene rings is 1. The second-order valence-corrected chi connectivity index (χ2v) is 6.43. The van der Waals surface area contributed by atoms with Crippen molar-refractivity contribution in [2.24, 2.45) is 0 Å². The van der Waals surface area contributed by atoms with Crippen LogP contribution in [0, 0.1) is 0 Å². The van der Waals surface area contributed by atoms with Gasteiger partial charge in [-0.25, -0.2) is 4.79 Å². The van der Waals surface area contributed by atoms with E-state index in [9.17, 15) is 19.4 Å². The Balaban J connectivity index is 2.39. The molecule has 1 heterocycles. The van der Waals surface area contributed by atoms with Gasteiger partial charge in [-0.05, 0) is 11.1 Å². The van der Waals surface area contributed by atoms with Crippen LogP contribution in [0.4, 0.5) is 0 Å². The molecule has 112 valence electrons. The third kappa shape index (κ3) is 4.23. The first kappa shape index (κ1) is 15.9. The van der Waals surface area contributed by atoms with Crippen molar-refractivity contribution >= 4 is 19.5 Å². The van der Waals surface area contributed by atoms with Crippen molar-refractivity contribution < 1.29 is 14.7 Å². The molecule has 2 aromatic rings. The Hall–Kier alpha value is -1.50. The summed E-state index contributed by atoms with van der Waals surface area (Å²) in [6.45, 7) is 0.0194. The zero-order valence-corrected chi connectivity index (χ0v) is 12.3. The largest absolute Gasteiger partial charge is 0.659 e. The lowest BCUT2D eigenvalue weighted by Gasteiger charge is -2.28. The van der Waals surface area contributed by atoms with E-state index >= 15 is 0 Å². The molecule has 0 radical (unpaired) electrons. The fraction of sp³-hybridized carbons (Fsp3) is 0.167. The molecule has 1 aromatic heterocycles. The highest BCUT2D eigenvalue weighted by atomic mass is 35.5. The molecule has 1 aromatic carbocycles. The summed E-state index contributed by atoms with van der Waals surface area (Å²) in [5, 5.41) is -0.149. The van der Waals surface area contributed by atoms with Crippen LogP contribution in [0.3, 0.4) is 0 Å². The van der Waals surface area contributed by atoms with Gasteiger partial charge in [0.05, 0.1) is 14.5 Å². The van der Waals surface area contributed by atoms with Crippen molar-refractivity contribution in [2.75, 3.05) is 0 Å². The monoisotopic (exact) mass is 329 g/mol. The Bertz CT molecular complexity index is 765. The number of aromatic amines is 1. The third-order valence-corrected chi connectivity index (χ3v) is 3.81. The smallest absolute Gasteiger partial charge is 0.328 e. The van der Waals surface area contributed by atoms with Gasteiger partial charge in [-0.1, -0.05) is 35.9 Å². The quantitative estimate of drug-likeness (QED) is 0.712. The zero-order chi connectivity index (χ0) is 15.6. The van der Waals surface area contributed by atoms with Crippen LogP contribution in [0.2, 0.25) is 5.02 Å². The number of aromatic nitrogens is 2. The number of rotatable bonds is 4. The molecule has 0 bridgehead atoms. The first-order chi connectivity index (χ1) is 9.76. The average Bonchev–Trinajstić information content (AvgIpc) is 2.36. The van der Waals surface area contributed by atoms with Gasteiger partial charge in [0.25, 0.3) is 5.56 Å². The van der Waals surface area contributed by atoms with Crippen molar-refractivity contribution in [3.8, 4) is 0 Å². The molecule has 0 amide bonds. The van der Waals surface area contributed by atoms with E-state index in [-0.39, 0.29) is 11.6 Å². The molecule has 0 aliphatic heterocycles. The topological polar surface area (TPSA) is 121 Å². The van der Waals surface area contributed by atoms with Crippen molar-refractivity contribution in [1.82, 2.24) is 9.55 Å². The van der Waals surface area contributed by atoms with Crippen LogP contribution in [0.5, 0.6) is 0 Å². The second-order valence-electron chi connectivity index (χ2n) is 4.43. The summed E-state index contributed by atoms with van der Waals surface area (Å²) in [7, 11) is -4.47. The summed E-state index contributed by atoms with van der Waals surface area (Å²) < 4.78 is 1.15. The van der Waals surface area contributed by atoms with E-state index in [1.807, 2.05) is 4.98 Å². The first-order valence-electron chi connectivity index (χ1n) is 5.85. The Morgan fingerprint density at radius 1 is 1.24 bits per heavy atom. The summed E-state index contributed by atoms with van der Waals surface area (Å²) in [6.07, 6.45) is 0.643. The van der Waals surface area contributed by atoms with E-state index in [0.29, 0.717) is 11.1 Å². The molecule has 0 atom stereocenters. The number of nitrogens with zero attached hydrogens (tertiary/aromatic N) is 1. The van der Waals surface area contributed by atoms with E-state index in [0.717, 1.165) is 4.57 Å². The van der Waals surface area contributed by atoms with E-state index in [2.05, 4.69) is 0 Å². The van der Waals surface area contributed by atoms with Gasteiger partial charge in [-0.2, -0.15) is 0 Å². The van der Waals surface area contributed by atoms with Crippen LogP contribution in [0.25, 0.3) is 0 Å². The van der Waals surface area contributed by atoms with Crippen molar-refractivity contribution in [3.63, 3.8) is 0 Å². The summed E-state index contributed by atoms with van der Waals surface area (Å²) in [4.78, 5) is 55.9. The Labute approximate surface area is 124 Å². The fourth-order valence-electron chi connectivity index (χ4n) is 1.86. The molecule has 0 fully saturated rings. The Morgan fingerprint density at radius 2 is 1.86 bits per heavy atom. The van der Waals surface area contributed by atoms with Crippen LogP contribution >= 0.6 is 19.5 Å². The second kappa shape index (κ2) is 6.09. The molecular formula is C12H11ClN2O5P-. The summed E-state index contributed by atoms with van der Waals surface area (Å²) >= 11 is 5.66. The molecule has 2 rings (SSSR count). The van der Waals surface area contributed by atoms with Crippen LogP contribution in [0.1, 0.15) is 11.1 Å². The van der Waals surface area contributed by atoms with E-state index in [4.69, 9.17) is 16.5 Å². The number of hydrogen-bond acceptors (Lipinski definition) is 5. The fourth-order valence-corrected chi connectivity index (χ4v) is 2.77. The number of hydrogen-bond donors (Lipinski definition) is 2. The maximum absolute atomic E-state index is 11.7. The molecule has 0 aliphatic rings. The van der Waals surface area contributed by atoms with Gasteiger partial charge in [0.1, 0.15) is 11.2 Å². The van der Waals surface area contributed by atoms with Crippen molar-refractivity contribution in [3.05, 3.63) is 67.4 Å². The third-order valence-electron chi connectivity index (χ3n) is 2.80. The first-order valence-corrected chi connectivity index (χ1v) is 7.99. The predicted octanol–water partition coefficient (Wildman–Crippen LogP) is -0.786. The van der Waals surface area contributed by atoms with Crippen molar-refractivity contribution in [1.29, 1.82) is 0 Å². The van der Waals surface area contributed by atoms with Gasteiger partial charge in [0, 0.05) is 6.20 Å². The number of nitrogens with one attached hydrogen (secondary N) is 1. The highest BCUT2D eigenvalue weighted by molar-refractivity contribution is 7.54. The maximum Gasteiger partial charge on any atom is 0.328 e. The predicted molar refractivity (Wildman–Crippen MR) is 74.7 cm³/mol. The van der Waals surface area contributed by atoms with Gasteiger partial charge < -0.3 is 9.79 Å². The van der Waals surface area contributed by atoms with E-state index in [1.165, 1.54) is 12.3 Å². The minimum absolute atomic E-state index is 0.0194. The van der Waals surface area contributed by atoms with Crippen LogP contribution in [-0.4, -0.2) is 14.4 Å². The van der Waals surface area contributed by atoms with Crippen LogP contribution in [-0.2, 0) is 12.7 Å². The zero-order valence-electron chi connectivity index (χ0n) is 10.7. The number of halogens is 1. The molecule has 0 aliphatic carbocycles. The normalized spacial score (nSPS) is 11.6. The van der Waals surface area contributed by atoms with Gasteiger partial charge in [-0.3, -0.25) is 19.2 Å². The minimum Gasteiger partial charge on any atom is -0.659 e. The molecule has 0 spiro atoms. The number of H-pyrrole nitrogens is 1. The van der Waals surface area contributed by atoms with Gasteiger partial charge >= 0.3 is 5.69 Å². The highest BCUT2D eigenvalue weighted by Crippen LogP contribution is 2.39. The minimum atomic E-state index is -4.47. The van der Waals surface area contributed by atoms with Gasteiger partial charge in [0.15, 0.2) is 0 Å². The molecule has 0 saturated heterocycles. The molecule has 21 heavy (non-hydrogen) atoms. The standard InChI is InChI=1S/C12H12ClN2O5P/c13-10-6-15(12(17)14-11(10)16)5-8-3-1-2-4-9(8)7-21(18,19)20/h1-4,6H,5,7H2,(H,14,16,17)(H2,18,19,20)/p-1. The lowest BCUT2D eigenvalue weighted by molar-refractivity contribution is -0.332. The molecule has 7 nitrogen and oxygen atoms in total. The highest BCUT2D eigenvalue weighted by Gasteiger charge is 2.13. The summed E-state index contributed by atoms with van der Waals surface area (Å²) in [6, 6.07) is 6.45.